The lowest BCUT2D eigenvalue weighted by molar-refractivity contribution is -0.120. The summed E-state index contributed by atoms with van der Waals surface area (Å²) in [6, 6.07) is 0. The summed E-state index contributed by atoms with van der Waals surface area (Å²) in [6.45, 7) is 5.00. The van der Waals surface area contributed by atoms with E-state index in [1.54, 1.807) is 6.92 Å². The van der Waals surface area contributed by atoms with Gasteiger partial charge in [0.25, 0.3) is 0 Å². The number of nitrogens with two attached hydrogens (primary N) is 1. The Kier molecular flexibility index (Phi) is 6.46. The molecule has 0 aliphatic carbocycles. The minimum absolute atomic E-state index is 0.191. The monoisotopic (exact) mass is 282 g/mol. The number of phosphoric acid groups is 1. The minimum Gasteiger partial charge on any atom is -0.368 e. The number of carbonyl (C=O) groups is 1. The van der Waals surface area contributed by atoms with Crippen LogP contribution in [0, 0.1) is 0 Å². The van der Waals surface area contributed by atoms with Crippen LogP contribution in [0.1, 0.15) is 27.2 Å². The highest BCUT2D eigenvalue weighted by atomic mass is 31.2. The van der Waals surface area contributed by atoms with Crippen LogP contribution in [0.4, 0.5) is 0 Å². The smallest absolute Gasteiger partial charge is 0.368 e. The zero-order valence-electron chi connectivity index (χ0n) is 11.5. The lowest BCUT2D eigenvalue weighted by Gasteiger charge is -2.34. The first-order valence-corrected chi connectivity index (χ1v) is 7.07. The van der Waals surface area contributed by atoms with Gasteiger partial charge >= 0.3 is 7.82 Å². The molecule has 2 atom stereocenters. The standard InChI is InChI=1S/C10H23N2O5P/c1-8(6-10(2,3)12(4)5)17-18(14,15)16-7-9(11)13/h8H,6-7H2,1-5H3,(H2,11,13)(H,14,15). The second kappa shape index (κ2) is 6.63. The van der Waals surface area contributed by atoms with Gasteiger partial charge in [-0.1, -0.05) is 0 Å². The van der Waals surface area contributed by atoms with Crippen molar-refractivity contribution in [3.63, 3.8) is 0 Å². The molecular weight excluding hydrogens is 259 g/mol. The molecule has 0 radical (unpaired) electrons. The van der Waals surface area contributed by atoms with E-state index in [9.17, 15) is 14.3 Å². The van der Waals surface area contributed by atoms with E-state index in [2.05, 4.69) is 4.52 Å². The van der Waals surface area contributed by atoms with Crippen molar-refractivity contribution in [2.24, 2.45) is 5.73 Å². The van der Waals surface area contributed by atoms with Gasteiger partial charge in [0.15, 0.2) is 0 Å². The van der Waals surface area contributed by atoms with Crippen molar-refractivity contribution in [2.75, 3.05) is 20.7 Å². The maximum absolute atomic E-state index is 11.5. The van der Waals surface area contributed by atoms with E-state index in [-0.39, 0.29) is 5.54 Å². The fourth-order valence-electron chi connectivity index (χ4n) is 1.33. The Labute approximate surface area is 108 Å². The highest BCUT2D eigenvalue weighted by molar-refractivity contribution is 7.47. The first-order chi connectivity index (χ1) is 7.96. The average molecular weight is 282 g/mol. The largest absolute Gasteiger partial charge is 0.472 e. The van der Waals surface area contributed by atoms with Gasteiger partial charge in [-0.05, 0) is 41.3 Å². The number of amides is 1. The lowest BCUT2D eigenvalue weighted by Crippen LogP contribution is -2.40. The number of primary amides is 1. The molecule has 7 nitrogen and oxygen atoms in total. The summed E-state index contributed by atoms with van der Waals surface area (Å²) in [4.78, 5) is 21.8. The van der Waals surface area contributed by atoms with E-state index < -0.39 is 26.4 Å². The molecule has 1 amide bonds. The highest BCUT2D eigenvalue weighted by Crippen LogP contribution is 2.45. The van der Waals surface area contributed by atoms with Crippen LogP contribution in [0.2, 0.25) is 0 Å². The molecule has 0 aromatic heterocycles. The van der Waals surface area contributed by atoms with E-state index in [1.807, 2.05) is 32.8 Å². The van der Waals surface area contributed by atoms with Gasteiger partial charge in [0.05, 0.1) is 6.10 Å². The molecule has 18 heavy (non-hydrogen) atoms. The molecule has 0 saturated heterocycles. The fraction of sp³-hybridized carbons (Fsp3) is 0.900. The third-order valence-corrected chi connectivity index (χ3v) is 3.76. The summed E-state index contributed by atoms with van der Waals surface area (Å²) >= 11 is 0. The molecular formula is C10H23N2O5P. The van der Waals surface area contributed by atoms with Crippen LogP contribution in [0.15, 0.2) is 0 Å². The summed E-state index contributed by atoms with van der Waals surface area (Å²) in [5, 5.41) is 0. The summed E-state index contributed by atoms with van der Waals surface area (Å²) < 4.78 is 20.8. The lowest BCUT2D eigenvalue weighted by atomic mass is 9.96. The van der Waals surface area contributed by atoms with Crippen molar-refractivity contribution in [2.45, 2.75) is 38.8 Å². The van der Waals surface area contributed by atoms with Crippen LogP contribution in [0.25, 0.3) is 0 Å². The van der Waals surface area contributed by atoms with Gasteiger partial charge in [0.2, 0.25) is 5.91 Å². The SMILES string of the molecule is CC(CC(C)(C)N(C)C)OP(=O)(O)OCC(N)=O. The van der Waals surface area contributed by atoms with Crippen LogP contribution in [-0.2, 0) is 18.4 Å². The third-order valence-electron chi connectivity index (χ3n) is 2.68. The van der Waals surface area contributed by atoms with Crippen molar-refractivity contribution in [3.05, 3.63) is 0 Å². The van der Waals surface area contributed by atoms with Gasteiger partial charge in [-0.15, -0.1) is 0 Å². The minimum atomic E-state index is -4.24. The van der Waals surface area contributed by atoms with Crippen molar-refractivity contribution in [1.82, 2.24) is 4.90 Å². The molecule has 8 heteroatoms. The molecule has 0 bridgehead atoms. The molecule has 0 fully saturated rings. The van der Waals surface area contributed by atoms with Crippen LogP contribution in [0.5, 0.6) is 0 Å². The zero-order chi connectivity index (χ0) is 14.6. The van der Waals surface area contributed by atoms with Crippen LogP contribution >= 0.6 is 7.82 Å². The zero-order valence-corrected chi connectivity index (χ0v) is 12.4. The van der Waals surface area contributed by atoms with Crippen LogP contribution < -0.4 is 5.73 Å². The average Bonchev–Trinajstić information content (AvgIpc) is 2.12. The maximum atomic E-state index is 11.5. The van der Waals surface area contributed by atoms with Crippen molar-refractivity contribution >= 4 is 13.7 Å². The van der Waals surface area contributed by atoms with Gasteiger partial charge in [-0.25, -0.2) is 4.57 Å². The fourth-order valence-corrected chi connectivity index (χ4v) is 2.21. The van der Waals surface area contributed by atoms with E-state index in [0.717, 1.165) is 0 Å². The Bertz CT molecular complexity index is 332. The molecule has 0 rings (SSSR count). The summed E-state index contributed by atoms with van der Waals surface area (Å²) in [6.07, 6.45) is 0.0379. The Hall–Kier alpha value is -0.460. The Balaban J connectivity index is 4.34. The normalized spacial score (nSPS) is 17.5. The van der Waals surface area contributed by atoms with Crippen LogP contribution in [-0.4, -0.2) is 48.0 Å². The number of nitrogens with zero attached hydrogens (tertiary/aromatic N) is 1. The van der Waals surface area contributed by atoms with Gasteiger partial charge in [0.1, 0.15) is 6.61 Å². The quantitative estimate of drug-likeness (QED) is 0.636. The van der Waals surface area contributed by atoms with E-state index in [1.165, 1.54) is 0 Å². The molecule has 0 aliphatic rings. The van der Waals surface area contributed by atoms with Crippen molar-refractivity contribution in [1.29, 1.82) is 0 Å². The molecule has 0 spiro atoms. The number of phosphoric ester groups is 1. The van der Waals surface area contributed by atoms with Crippen molar-refractivity contribution in [3.8, 4) is 0 Å². The Morgan fingerprint density at radius 3 is 2.39 bits per heavy atom. The number of rotatable bonds is 8. The molecule has 3 N–H and O–H groups in total. The molecule has 0 aromatic rings. The highest BCUT2D eigenvalue weighted by Gasteiger charge is 2.30. The Morgan fingerprint density at radius 2 is 2.00 bits per heavy atom. The van der Waals surface area contributed by atoms with Crippen LogP contribution in [0.3, 0.4) is 0 Å². The van der Waals surface area contributed by atoms with Gasteiger partial charge in [-0.3, -0.25) is 13.8 Å². The number of hydrogen-bond acceptors (Lipinski definition) is 5. The summed E-state index contributed by atoms with van der Waals surface area (Å²) in [7, 11) is -0.415. The first kappa shape index (κ1) is 17.5. The predicted octanol–water partition coefficient (Wildman–Crippen LogP) is 0.724. The van der Waals surface area contributed by atoms with Gasteiger partial charge in [0, 0.05) is 5.54 Å². The predicted molar refractivity (Wildman–Crippen MR) is 67.9 cm³/mol. The van der Waals surface area contributed by atoms with Gasteiger partial charge < -0.3 is 15.5 Å². The number of carbonyl (C=O) groups excluding carboxylic acids is 1. The Morgan fingerprint density at radius 1 is 1.50 bits per heavy atom. The maximum Gasteiger partial charge on any atom is 0.472 e. The number of hydrogen-bond donors (Lipinski definition) is 2. The topological polar surface area (TPSA) is 102 Å². The molecule has 0 heterocycles. The van der Waals surface area contributed by atoms with E-state index in [4.69, 9.17) is 10.3 Å². The van der Waals surface area contributed by atoms with E-state index >= 15 is 0 Å². The summed E-state index contributed by atoms with van der Waals surface area (Å²) in [5.41, 5.74) is 4.62. The second-order valence-electron chi connectivity index (χ2n) is 5.04. The molecule has 108 valence electrons. The summed E-state index contributed by atoms with van der Waals surface area (Å²) in [5.74, 6) is -0.825. The van der Waals surface area contributed by atoms with Gasteiger partial charge in [-0.2, -0.15) is 0 Å². The molecule has 2 unspecified atom stereocenters. The van der Waals surface area contributed by atoms with E-state index in [0.29, 0.717) is 6.42 Å². The molecule has 0 aliphatic heterocycles. The third kappa shape index (κ3) is 7.08. The first-order valence-electron chi connectivity index (χ1n) is 5.58. The molecule has 0 saturated carbocycles. The second-order valence-corrected chi connectivity index (χ2v) is 6.44. The van der Waals surface area contributed by atoms with Crippen molar-refractivity contribution < 1.29 is 23.3 Å². The molecule has 0 aromatic carbocycles.